The molecule has 1 aromatic heterocycles. The molecule has 0 spiro atoms. The summed E-state index contributed by atoms with van der Waals surface area (Å²) >= 11 is 0. The van der Waals surface area contributed by atoms with Crippen molar-refractivity contribution in [1.29, 1.82) is 0 Å². The van der Waals surface area contributed by atoms with E-state index in [1.54, 1.807) is 6.33 Å². The van der Waals surface area contributed by atoms with E-state index in [1.807, 2.05) is 4.68 Å². The Labute approximate surface area is 72.8 Å². The van der Waals surface area contributed by atoms with Crippen LogP contribution in [0.25, 0.3) is 0 Å². The van der Waals surface area contributed by atoms with Crippen molar-refractivity contribution in [3.8, 4) is 0 Å². The van der Waals surface area contributed by atoms with E-state index in [9.17, 15) is 0 Å². The van der Waals surface area contributed by atoms with E-state index in [1.165, 1.54) is 0 Å². The normalized spacial score (nSPS) is 13.2. The quantitative estimate of drug-likeness (QED) is 0.715. The maximum absolute atomic E-state index is 5.81. The van der Waals surface area contributed by atoms with Crippen LogP contribution in [0.4, 0.5) is 0 Å². The maximum atomic E-state index is 5.81. The van der Waals surface area contributed by atoms with Crippen LogP contribution >= 0.6 is 0 Å². The fourth-order valence-electron chi connectivity index (χ4n) is 1.09. The molecule has 0 fully saturated rings. The van der Waals surface area contributed by atoms with E-state index in [2.05, 4.69) is 23.9 Å². The number of nitrogens with zero attached hydrogens (tertiary/aromatic N) is 3. The first-order valence-electron chi connectivity index (χ1n) is 4.40. The van der Waals surface area contributed by atoms with Gasteiger partial charge in [0.2, 0.25) is 0 Å². The fourth-order valence-corrected chi connectivity index (χ4v) is 1.09. The summed E-state index contributed by atoms with van der Waals surface area (Å²) in [6.07, 6.45) is 3.39. The van der Waals surface area contributed by atoms with Crippen LogP contribution in [0, 0.1) is 0 Å². The van der Waals surface area contributed by atoms with Gasteiger partial charge in [-0.3, -0.25) is 4.68 Å². The third-order valence-electron chi connectivity index (χ3n) is 1.96. The minimum absolute atomic E-state index is 0.208. The molecule has 1 aromatic rings. The summed E-state index contributed by atoms with van der Waals surface area (Å²) in [5.74, 6) is 0.992. The Morgan fingerprint density at radius 2 is 2.33 bits per heavy atom. The summed E-state index contributed by atoms with van der Waals surface area (Å²) in [6, 6.07) is 0.208. The third kappa shape index (κ3) is 2.04. The van der Waals surface area contributed by atoms with Crippen molar-refractivity contribution < 1.29 is 0 Å². The van der Waals surface area contributed by atoms with Crippen LogP contribution in [0.5, 0.6) is 0 Å². The highest BCUT2D eigenvalue weighted by molar-refractivity contribution is 4.88. The minimum atomic E-state index is 0.208. The van der Waals surface area contributed by atoms with Gasteiger partial charge in [-0.25, -0.2) is 4.98 Å². The van der Waals surface area contributed by atoms with E-state index in [0.717, 1.165) is 25.2 Å². The van der Waals surface area contributed by atoms with Gasteiger partial charge in [-0.05, 0) is 13.3 Å². The topological polar surface area (TPSA) is 56.7 Å². The molecule has 0 amide bonds. The molecule has 12 heavy (non-hydrogen) atoms. The van der Waals surface area contributed by atoms with Crippen molar-refractivity contribution >= 4 is 0 Å². The zero-order valence-electron chi connectivity index (χ0n) is 7.70. The number of hydrogen-bond acceptors (Lipinski definition) is 3. The molecule has 0 saturated carbocycles. The second kappa shape index (κ2) is 4.21. The number of nitrogens with two attached hydrogens (primary N) is 1. The van der Waals surface area contributed by atoms with Gasteiger partial charge in [0.25, 0.3) is 0 Å². The molecule has 0 aliphatic heterocycles. The number of hydrogen-bond donors (Lipinski definition) is 1. The first kappa shape index (κ1) is 9.19. The molecule has 1 atom stereocenters. The molecule has 0 aliphatic carbocycles. The average molecular weight is 168 g/mol. The SMILES string of the molecule is CCC(N)Cc1ncnn1CC. The maximum Gasteiger partial charge on any atom is 0.138 e. The van der Waals surface area contributed by atoms with Crippen molar-refractivity contribution in [2.45, 2.75) is 39.3 Å². The molecular weight excluding hydrogens is 152 g/mol. The Balaban J connectivity index is 2.61. The summed E-state index contributed by atoms with van der Waals surface area (Å²) in [7, 11) is 0. The van der Waals surface area contributed by atoms with Gasteiger partial charge in [0, 0.05) is 19.0 Å². The van der Waals surface area contributed by atoms with Crippen molar-refractivity contribution in [1.82, 2.24) is 14.8 Å². The van der Waals surface area contributed by atoms with Gasteiger partial charge in [0.15, 0.2) is 0 Å². The van der Waals surface area contributed by atoms with Crippen LogP contribution in [0.1, 0.15) is 26.1 Å². The summed E-state index contributed by atoms with van der Waals surface area (Å²) < 4.78 is 1.88. The van der Waals surface area contributed by atoms with Gasteiger partial charge in [-0.2, -0.15) is 5.10 Å². The summed E-state index contributed by atoms with van der Waals surface area (Å²) in [6.45, 7) is 5.00. The Morgan fingerprint density at radius 1 is 1.58 bits per heavy atom. The standard InChI is InChI=1S/C8H16N4/c1-3-7(9)5-8-10-6-11-12(8)4-2/h6-7H,3-5,9H2,1-2H3. The molecule has 1 heterocycles. The summed E-state index contributed by atoms with van der Waals surface area (Å²) in [5, 5.41) is 4.07. The zero-order chi connectivity index (χ0) is 8.97. The second-order valence-corrected chi connectivity index (χ2v) is 2.86. The van der Waals surface area contributed by atoms with E-state index in [-0.39, 0.29) is 6.04 Å². The molecule has 2 N–H and O–H groups in total. The molecule has 68 valence electrons. The first-order chi connectivity index (χ1) is 5.77. The van der Waals surface area contributed by atoms with E-state index in [0.29, 0.717) is 0 Å². The lowest BCUT2D eigenvalue weighted by molar-refractivity contribution is 0.561. The van der Waals surface area contributed by atoms with Crippen LogP contribution in [0.3, 0.4) is 0 Å². The molecular formula is C8H16N4. The highest BCUT2D eigenvalue weighted by Crippen LogP contribution is 1.99. The fraction of sp³-hybridized carbons (Fsp3) is 0.750. The predicted octanol–water partition coefficient (Wildman–Crippen LogP) is 0.578. The van der Waals surface area contributed by atoms with Gasteiger partial charge in [0.05, 0.1) is 0 Å². The monoisotopic (exact) mass is 168 g/mol. The van der Waals surface area contributed by atoms with Gasteiger partial charge in [-0.15, -0.1) is 0 Å². The molecule has 0 bridgehead atoms. The Kier molecular flexibility index (Phi) is 3.22. The van der Waals surface area contributed by atoms with Gasteiger partial charge in [-0.1, -0.05) is 6.92 Å². The molecule has 4 heteroatoms. The Bertz CT molecular complexity index is 231. The van der Waals surface area contributed by atoms with Crippen LogP contribution in [0.15, 0.2) is 6.33 Å². The van der Waals surface area contributed by atoms with Crippen LogP contribution in [-0.4, -0.2) is 20.8 Å². The number of aryl methyl sites for hydroxylation is 1. The van der Waals surface area contributed by atoms with Crippen molar-refractivity contribution in [3.63, 3.8) is 0 Å². The van der Waals surface area contributed by atoms with Gasteiger partial charge >= 0.3 is 0 Å². The first-order valence-corrected chi connectivity index (χ1v) is 4.40. The number of rotatable bonds is 4. The van der Waals surface area contributed by atoms with E-state index < -0.39 is 0 Å². The molecule has 4 nitrogen and oxygen atoms in total. The Hall–Kier alpha value is -0.900. The molecule has 1 rings (SSSR count). The minimum Gasteiger partial charge on any atom is -0.327 e. The molecule has 0 aliphatic rings. The smallest absolute Gasteiger partial charge is 0.138 e. The molecule has 0 radical (unpaired) electrons. The van der Waals surface area contributed by atoms with Gasteiger partial charge < -0.3 is 5.73 Å². The Morgan fingerprint density at radius 3 is 2.92 bits per heavy atom. The highest BCUT2D eigenvalue weighted by atomic mass is 15.3. The predicted molar refractivity (Wildman–Crippen MR) is 47.7 cm³/mol. The lowest BCUT2D eigenvalue weighted by atomic mass is 10.1. The molecule has 0 saturated heterocycles. The van der Waals surface area contributed by atoms with Crippen LogP contribution in [-0.2, 0) is 13.0 Å². The lowest BCUT2D eigenvalue weighted by Crippen LogP contribution is -2.23. The van der Waals surface area contributed by atoms with Crippen molar-refractivity contribution in [2.75, 3.05) is 0 Å². The molecule has 0 aromatic carbocycles. The lowest BCUT2D eigenvalue weighted by Gasteiger charge is -2.07. The van der Waals surface area contributed by atoms with Crippen molar-refractivity contribution in [2.24, 2.45) is 5.73 Å². The zero-order valence-corrected chi connectivity index (χ0v) is 7.70. The third-order valence-corrected chi connectivity index (χ3v) is 1.96. The molecule has 1 unspecified atom stereocenters. The van der Waals surface area contributed by atoms with E-state index >= 15 is 0 Å². The highest BCUT2D eigenvalue weighted by Gasteiger charge is 2.06. The van der Waals surface area contributed by atoms with Gasteiger partial charge in [0.1, 0.15) is 12.2 Å². The second-order valence-electron chi connectivity index (χ2n) is 2.86. The van der Waals surface area contributed by atoms with Crippen LogP contribution in [0.2, 0.25) is 0 Å². The number of aromatic nitrogens is 3. The van der Waals surface area contributed by atoms with E-state index in [4.69, 9.17) is 5.73 Å². The van der Waals surface area contributed by atoms with Crippen LogP contribution < -0.4 is 5.73 Å². The largest absolute Gasteiger partial charge is 0.327 e. The summed E-state index contributed by atoms with van der Waals surface area (Å²) in [4.78, 5) is 4.15. The van der Waals surface area contributed by atoms with Crippen molar-refractivity contribution in [3.05, 3.63) is 12.2 Å². The summed E-state index contributed by atoms with van der Waals surface area (Å²) in [5.41, 5.74) is 5.81. The average Bonchev–Trinajstić information content (AvgIpc) is 2.51.